The van der Waals surface area contributed by atoms with Gasteiger partial charge in [-0.3, -0.25) is 9.69 Å². The van der Waals surface area contributed by atoms with Crippen molar-refractivity contribution in [1.82, 2.24) is 4.90 Å². The summed E-state index contributed by atoms with van der Waals surface area (Å²) < 4.78 is 5.21. The van der Waals surface area contributed by atoms with E-state index in [2.05, 4.69) is 27.2 Å². The predicted octanol–water partition coefficient (Wildman–Crippen LogP) is 3.73. The SMILES string of the molecule is COc1ccc(N2CCN(CC(=O)Nc3c(C)cc(C)cc3Cl)CC2)cc1. The highest BCUT2D eigenvalue weighted by Gasteiger charge is 2.20. The molecule has 27 heavy (non-hydrogen) atoms. The van der Waals surface area contributed by atoms with E-state index in [1.807, 2.05) is 38.1 Å². The largest absolute Gasteiger partial charge is 0.497 e. The molecule has 1 N–H and O–H groups in total. The summed E-state index contributed by atoms with van der Waals surface area (Å²) in [5.41, 5.74) is 3.97. The van der Waals surface area contributed by atoms with E-state index in [4.69, 9.17) is 16.3 Å². The van der Waals surface area contributed by atoms with E-state index in [9.17, 15) is 4.79 Å². The van der Waals surface area contributed by atoms with Crippen molar-refractivity contribution in [3.05, 3.63) is 52.5 Å². The van der Waals surface area contributed by atoms with Crippen LogP contribution in [0.1, 0.15) is 11.1 Å². The number of methoxy groups -OCH3 is 1. The fourth-order valence-electron chi connectivity index (χ4n) is 3.41. The Kier molecular flexibility index (Phi) is 6.24. The minimum Gasteiger partial charge on any atom is -0.497 e. The number of nitrogens with one attached hydrogen (secondary N) is 1. The molecule has 1 aliphatic rings. The van der Waals surface area contributed by atoms with Gasteiger partial charge in [0.15, 0.2) is 0 Å². The minimum atomic E-state index is -0.0262. The summed E-state index contributed by atoms with van der Waals surface area (Å²) in [5.74, 6) is 0.834. The van der Waals surface area contributed by atoms with Crippen LogP contribution in [0.3, 0.4) is 0 Å². The van der Waals surface area contributed by atoms with Crippen molar-refractivity contribution < 1.29 is 9.53 Å². The monoisotopic (exact) mass is 387 g/mol. The zero-order valence-corrected chi connectivity index (χ0v) is 16.8. The number of anilines is 2. The van der Waals surface area contributed by atoms with Crippen LogP contribution in [0, 0.1) is 13.8 Å². The van der Waals surface area contributed by atoms with Gasteiger partial charge in [-0.25, -0.2) is 0 Å². The number of carbonyl (C=O) groups is 1. The second-order valence-corrected chi connectivity index (χ2v) is 7.36. The lowest BCUT2D eigenvalue weighted by atomic mass is 10.1. The van der Waals surface area contributed by atoms with Crippen LogP contribution in [-0.2, 0) is 4.79 Å². The fraction of sp³-hybridized carbons (Fsp3) is 0.381. The van der Waals surface area contributed by atoms with Gasteiger partial charge in [0.1, 0.15) is 5.75 Å². The van der Waals surface area contributed by atoms with Crippen LogP contribution in [0.15, 0.2) is 36.4 Å². The molecule has 5 nitrogen and oxygen atoms in total. The van der Waals surface area contributed by atoms with E-state index in [0.29, 0.717) is 17.3 Å². The molecule has 0 aromatic heterocycles. The highest BCUT2D eigenvalue weighted by molar-refractivity contribution is 6.34. The number of rotatable bonds is 5. The van der Waals surface area contributed by atoms with Gasteiger partial charge in [-0.2, -0.15) is 0 Å². The lowest BCUT2D eigenvalue weighted by Gasteiger charge is -2.35. The third kappa shape index (κ3) is 4.93. The number of amides is 1. The first-order valence-electron chi connectivity index (χ1n) is 9.14. The number of piperazine rings is 1. The number of hydrogen-bond acceptors (Lipinski definition) is 4. The molecule has 1 saturated heterocycles. The van der Waals surface area contributed by atoms with Crippen molar-refractivity contribution in [3.8, 4) is 5.75 Å². The molecule has 0 aliphatic carbocycles. The second-order valence-electron chi connectivity index (χ2n) is 6.95. The molecule has 2 aromatic rings. The lowest BCUT2D eigenvalue weighted by molar-refractivity contribution is -0.117. The van der Waals surface area contributed by atoms with Crippen LogP contribution >= 0.6 is 11.6 Å². The van der Waals surface area contributed by atoms with Crippen molar-refractivity contribution in [2.75, 3.05) is 50.1 Å². The first kappa shape index (κ1) is 19.5. The van der Waals surface area contributed by atoms with E-state index in [1.165, 1.54) is 5.69 Å². The molecular formula is C21H26ClN3O2. The van der Waals surface area contributed by atoms with Crippen molar-refractivity contribution >= 4 is 28.9 Å². The van der Waals surface area contributed by atoms with E-state index >= 15 is 0 Å². The molecule has 1 aliphatic heterocycles. The van der Waals surface area contributed by atoms with Gasteiger partial charge in [-0.05, 0) is 55.3 Å². The summed E-state index contributed by atoms with van der Waals surface area (Å²) >= 11 is 6.29. The van der Waals surface area contributed by atoms with Crippen molar-refractivity contribution in [1.29, 1.82) is 0 Å². The van der Waals surface area contributed by atoms with E-state index in [0.717, 1.165) is 43.1 Å². The normalized spacial score (nSPS) is 14.9. The average molecular weight is 388 g/mol. The smallest absolute Gasteiger partial charge is 0.238 e. The standard InChI is InChI=1S/C21H26ClN3O2/c1-15-12-16(2)21(19(22)13-15)23-20(26)14-24-8-10-25(11-9-24)17-4-6-18(27-3)7-5-17/h4-7,12-13H,8-11,14H2,1-3H3,(H,23,26). The van der Waals surface area contributed by atoms with Gasteiger partial charge >= 0.3 is 0 Å². The van der Waals surface area contributed by atoms with Crippen LogP contribution in [0.25, 0.3) is 0 Å². The Hall–Kier alpha value is -2.24. The molecule has 0 unspecified atom stereocenters. The van der Waals surface area contributed by atoms with Gasteiger partial charge in [0.2, 0.25) is 5.91 Å². The molecule has 0 bridgehead atoms. The molecule has 0 spiro atoms. The molecule has 1 heterocycles. The highest BCUT2D eigenvalue weighted by atomic mass is 35.5. The summed E-state index contributed by atoms with van der Waals surface area (Å²) in [6.45, 7) is 7.81. The zero-order chi connectivity index (χ0) is 19.4. The summed E-state index contributed by atoms with van der Waals surface area (Å²) in [7, 11) is 1.67. The molecule has 3 rings (SSSR count). The molecular weight excluding hydrogens is 362 g/mol. The number of ether oxygens (including phenoxy) is 1. The molecule has 0 radical (unpaired) electrons. The molecule has 144 valence electrons. The first-order valence-corrected chi connectivity index (χ1v) is 9.52. The van der Waals surface area contributed by atoms with Gasteiger partial charge < -0.3 is 15.0 Å². The van der Waals surface area contributed by atoms with E-state index < -0.39 is 0 Å². The third-order valence-electron chi connectivity index (χ3n) is 4.87. The second kappa shape index (κ2) is 8.63. The Bertz CT molecular complexity index is 777. The van der Waals surface area contributed by atoms with Gasteiger partial charge in [-0.1, -0.05) is 17.7 Å². The van der Waals surface area contributed by atoms with Gasteiger partial charge in [-0.15, -0.1) is 0 Å². The summed E-state index contributed by atoms with van der Waals surface area (Å²) in [4.78, 5) is 17.0. The van der Waals surface area contributed by atoms with Crippen LogP contribution in [-0.4, -0.2) is 50.6 Å². The quantitative estimate of drug-likeness (QED) is 0.849. The third-order valence-corrected chi connectivity index (χ3v) is 5.17. The highest BCUT2D eigenvalue weighted by Crippen LogP contribution is 2.27. The topological polar surface area (TPSA) is 44.8 Å². The summed E-state index contributed by atoms with van der Waals surface area (Å²) in [5, 5.41) is 3.56. The fourth-order valence-corrected chi connectivity index (χ4v) is 3.78. The molecule has 2 aromatic carbocycles. The van der Waals surface area contributed by atoms with E-state index in [1.54, 1.807) is 7.11 Å². The summed E-state index contributed by atoms with van der Waals surface area (Å²) in [6, 6.07) is 12.0. The van der Waals surface area contributed by atoms with Crippen LogP contribution < -0.4 is 15.0 Å². The van der Waals surface area contributed by atoms with Crippen LogP contribution in [0.2, 0.25) is 5.02 Å². The Morgan fingerprint density at radius 3 is 2.37 bits per heavy atom. The Labute approximate surface area is 165 Å². The van der Waals surface area contributed by atoms with Gasteiger partial charge in [0, 0.05) is 31.9 Å². The lowest BCUT2D eigenvalue weighted by Crippen LogP contribution is -2.48. The maximum Gasteiger partial charge on any atom is 0.238 e. The number of nitrogens with zero attached hydrogens (tertiary/aromatic N) is 2. The molecule has 1 fully saturated rings. The first-order chi connectivity index (χ1) is 13.0. The number of halogens is 1. The van der Waals surface area contributed by atoms with Gasteiger partial charge in [0.25, 0.3) is 0 Å². The number of carbonyl (C=O) groups excluding carboxylic acids is 1. The van der Waals surface area contributed by atoms with Gasteiger partial charge in [0.05, 0.1) is 24.4 Å². The van der Waals surface area contributed by atoms with Crippen molar-refractivity contribution in [3.63, 3.8) is 0 Å². The molecule has 0 saturated carbocycles. The minimum absolute atomic E-state index is 0.0262. The number of aryl methyl sites for hydroxylation is 2. The predicted molar refractivity (Wildman–Crippen MR) is 111 cm³/mol. The van der Waals surface area contributed by atoms with Crippen LogP contribution in [0.5, 0.6) is 5.75 Å². The van der Waals surface area contributed by atoms with Crippen molar-refractivity contribution in [2.24, 2.45) is 0 Å². The Morgan fingerprint density at radius 1 is 1.11 bits per heavy atom. The zero-order valence-electron chi connectivity index (χ0n) is 16.1. The molecule has 1 amide bonds. The maximum absolute atomic E-state index is 12.5. The molecule has 0 atom stereocenters. The van der Waals surface area contributed by atoms with Crippen molar-refractivity contribution in [2.45, 2.75) is 13.8 Å². The summed E-state index contributed by atoms with van der Waals surface area (Å²) in [6.07, 6.45) is 0. The number of hydrogen-bond donors (Lipinski definition) is 1. The maximum atomic E-state index is 12.5. The van der Waals surface area contributed by atoms with Crippen LogP contribution in [0.4, 0.5) is 11.4 Å². The number of benzene rings is 2. The average Bonchev–Trinajstić information content (AvgIpc) is 2.65. The Morgan fingerprint density at radius 2 is 1.78 bits per heavy atom. The Balaban J connectivity index is 1.52. The van der Waals surface area contributed by atoms with E-state index in [-0.39, 0.29) is 5.91 Å². The molecule has 6 heteroatoms.